The molecule has 20 heavy (non-hydrogen) atoms. The molecule has 1 saturated heterocycles. The van der Waals surface area contributed by atoms with Gasteiger partial charge in [-0.1, -0.05) is 11.6 Å². The van der Waals surface area contributed by atoms with E-state index in [-0.39, 0.29) is 23.1 Å². The molecule has 1 aromatic rings. The third kappa shape index (κ3) is 3.94. The third-order valence-electron chi connectivity index (χ3n) is 3.06. The van der Waals surface area contributed by atoms with Gasteiger partial charge in [0.15, 0.2) is 9.84 Å². The zero-order valence-corrected chi connectivity index (χ0v) is 12.4. The molecule has 0 radical (unpaired) electrons. The quantitative estimate of drug-likeness (QED) is 0.891. The Bertz CT molecular complexity index is 565. The average molecular weight is 318 g/mol. The summed E-state index contributed by atoms with van der Waals surface area (Å²) in [7, 11) is -3.41. The average Bonchev–Trinajstić information content (AvgIpc) is 2.93. The number of rotatable bonds is 5. The first kappa shape index (κ1) is 15.3. The van der Waals surface area contributed by atoms with E-state index in [1.807, 2.05) is 0 Å². The molecular weight excluding hydrogens is 302 g/mol. The van der Waals surface area contributed by atoms with Crippen molar-refractivity contribution in [3.8, 4) is 0 Å². The lowest BCUT2D eigenvalue weighted by Crippen LogP contribution is -2.36. The molecule has 1 amide bonds. The van der Waals surface area contributed by atoms with Crippen LogP contribution in [0.1, 0.15) is 12.8 Å². The van der Waals surface area contributed by atoms with Gasteiger partial charge in [-0.2, -0.15) is 0 Å². The molecule has 110 valence electrons. The Morgan fingerprint density at radius 2 is 2.05 bits per heavy atom. The first-order chi connectivity index (χ1) is 9.49. The number of amides is 1. The highest BCUT2D eigenvalue weighted by molar-refractivity contribution is 7.91. The van der Waals surface area contributed by atoms with E-state index in [4.69, 9.17) is 16.3 Å². The lowest BCUT2D eigenvalue weighted by Gasteiger charge is -2.10. The summed E-state index contributed by atoms with van der Waals surface area (Å²) in [5.41, 5.74) is 0. The van der Waals surface area contributed by atoms with E-state index in [0.717, 1.165) is 6.42 Å². The highest BCUT2D eigenvalue weighted by Gasteiger charge is 2.23. The van der Waals surface area contributed by atoms with E-state index in [2.05, 4.69) is 5.32 Å². The maximum Gasteiger partial charge on any atom is 0.249 e. The zero-order valence-electron chi connectivity index (χ0n) is 10.8. The molecule has 1 fully saturated rings. The Labute approximate surface area is 123 Å². The normalized spacial score (nSPS) is 18.9. The molecular formula is C13H16ClNO4S. The molecule has 2 rings (SSSR count). The fraction of sp³-hybridized carbons (Fsp3) is 0.462. The zero-order chi connectivity index (χ0) is 14.6. The third-order valence-corrected chi connectivity index (χ3v) is 5.05. The van der Waals surface area contributed by atoms with Crippen molar-refractivity contribution in [2.75, 3.05) is 18.9 Å². The number of carbonyl (C=O) groups excluding carboxylic acids is 1. The molecule has 0 saturated carbocycles. The minimum absolute atomic E-state index is 0.0731. The predicted molar refractivity (Wildman–Crippen MR) is 75.5 cm³/mol. The molecule has 1 heterocycles. The molecule has 7 heteroatoms. The van der Waals surface area contributed by atoms with Crippen molar-refractivity contribution >= 4 is 27.3 Å². The largest absolute Gasteiger partial charge is 0.368 e. The van der Waals surface area contributed by atoms with Gasteiger partial charge in [0, 0.05) is 18.2 Å². The van der Waals surface area contributed by atoms with E-state index in [0.29, 0.717) is 18.1 Å². The van der Waals surface area contributed by atoms with E-state index < -0.39 is 15.9 Å². The molecule has 0 aliphatic carbocycles. The molecule has 0 spiro atoms. The van der Waals surface area contributed by atoms with E-state index in [1.54, 1.807) is 0 Å². The van der Waals surface area contributed by atoms with Crippen LogP contribution in [0.25, 0.3) is 0 Å². The smallest absolute Gasteiger partial charge is 0.249 e. The molecule has 0 bridgehead atoms. The molecule has 1 aliphatic heterocycles. The summed E-state index contributed by atoms with van der Waals surface area (Å²) in [6.07, 6.45) is 1.12. The van der Waals surface area contributed by atoms with Gasteiger partial charge in [-0.3, -0.25) is 4.79 Å². The number of halogens is 1. The lowest BCUT2D eigenvalue weighted by atomic mass is 10.2. The van der Waals surface area contributed by atoms with Crippen molar-refractivity contribution in [1.29, 1.82) is 0 Å². The van der Waals surface area contributed by atoms with Crippen LogP contribution in [0.15, 0.2) is 29.2 Å². The first-order valence-corrected chi connectivity index (χ1v) is 8.40. The number of benzene rings is 1. The van der Waals surface area contributed by atoms with Crippen molar-refractivity contribution in [1.82, 2.24) is 5.32 Å². The first-order valence-electron chi connectivity index (χ1n) is 6.37. The summed E-state index contributed by atoms with van der Waals surface area (Å²) < 4.78 is 29.3. The Balaban J connectivity index is 1.86. The summed E-state index contributed by atoms with van der Waals surface area (Å²) in [5, 5.41) is 3.07. The van der Waals surface area contributed by atoms with Crippen LogP contribution >= 0.6 is 11.6 Å². The van der Waals surface area contributed by atoms with Gasteiger partial charge in [-0.05, 0) is 37.1 Å². The molecule has 0 aromatic heterocycles. The van der Waals surface area contributed by atoms with Crippen LogP contribution in [-0.2, 0) is 19.4 Å². The highest BCUT2D eigenvalue weighted by atomic mass is 35.5. The van der Waals surface area contributed by atoms with Crippen LogP contribution < -0.4 is 5.32 Å². The summed E-state index contributed by atoms with van der Waals surface area (Å²) in [6.45, 7) is 0.658. The van der Waals surface area contributed by atoms with Crippen LogP contribution in [0.2, 0.25) is 5.02 Å². The van der Waals surface area contributed by atoms with Gasteiger partial charge < -0.3 is 10.1 Å². The van der Waals surface area contributed by atoms with E-state index in [9.17, 15) is 13.2 Å². The van der Waals surface area contributed by atoms with Crippen LogP contribution in [0, 0.1) is 0 Å². The second kappa shape index (κ2) is 6.56. The molecule has 0 unspecified atom stereocenters. The highest BCUT2D eigenvalue weighted by Crippen LogP contribution is 2.15. The van der Waals surface area contributed by atoms with Crippen molar-refractivity contribution in [2.24, 2.45) is 0 Å². The van der Waals surface area contributed by atoms with E-state index in [1.165, 1.54) is 24.3 Å². The second-order valence-electron chi connectivity index (χ2n) is 4.57. The van der Waals surface area contributed by atoms with Gasteiger partial charge in [-0.15, -0.1) is 0 Å². The molecule has 5 nitrogen and oxygen atoms in total. The molecule has 1 aliphatic rings. The van der Waals surface area contributed by atoms with Crippen molar-refractivity contribution < 1.29 is 17.9 Å². The van der Waals surface area contributed by atoms with Gasteiger partial charge in [0.1, 0.15) is 6.10 Å². The monoisotopic (exact) mass is 317 g/mol. The Morgan fingerprint density at radius 1 is 1.35 bits per heavy atom. The summed E-state index contributed by atoms with van der Waals surface area (Å²) in [5.74, 6) is -0.388. The second-order valence-corrected chi connectivity index (χ2v) is 7.11. The predicted octanol–water partition coefficient (Wildman–Crippen LogP) is 1.41. The molecule has 1 atom stereocenters. The number of hydrogen-bond acceptors (Lipinski definition) is 4. The van der Waals surface area contributed by atoms with Crippen LogP contribution in [0.3, 0.4) is 0 Å². The fourth-order valence-corrected chi connectivity index (χ4v) is 3.25. The Hall–Kier alpha value is -1.11. The fourth-order valence-electron chi connectivity index (χ4n) is 1.97. The van der Waals surface area contributed by atoms with Crippen LogP contribution in [0.5, 0.6) is 0 Å². The van der Waals surface area contributed by atoms with Gasteiger partial charge in [0.25, 0.3) is 0 Å². The maximum atomic E-state index is 12.0. The number of ether oxygens (including phenoxy) is 1. The number of carbonyl (C=O) groups is 1. The van der Waals surface area contributed by atoms with Gasteiger partial charge in [0.2, 0.25) is 5.91 Å². The lowest BCUT2D eigenvalue weighted by molar-refractivity contribution is -0.129. The van der Waals surface area contributed by atoms with E-state index >= 15 is 0 Å². The maximum absolute atomic E-state index is 12.0. The number of sulfone groups is 1. The van der Waals surface area contributed by atoms with Crippen molar-refractivity contribution in [2.45, 2.75) is 23.8 Å². The minimum atomic E-state index is -3.41. The Morgan fingerprint density at radius 3 is 2.65 bits per heavy atom. The Kier molecular flexibility index (Phi) is 5.01. The summed E-state index contributed by atoms with van der Waals surface area (Å²) in [4.78, 5) is 11.9. The molecule has 1 aromatic carbocycles. The van der Waals surface area contributed by atoms with Crippen LogP contribution in [0.4, 0.5) is 0 Å². The summed E-state index contributed by atoms with van der Waals surface area (Å²) >= 11 is 5.71. The van der Waals surface area contributed by atoms with Crippen LogP contribution in [-0.4, -0.2) is 39.3 Å². The van der Waals surface area contributed by atoms with Crippen molar-refractivity contribution in [3.05, 3.63) is 29.3 Å². The van der Waals surface area contributed by atoms with Gasteiger partial charge in [-0.25, -0.2) is 8.42 Å². The molecule has 1 N–H and O–H groups in total. The van der Waals surface area contributed by atoms with Crippen molar-refractivity contribution in [3.63, 3.8) is 0 Å². The van der Waals surface area contributed by atoms with Gasteiger partial charge >= 0.3 is 0 Å². The van der Waals surface area contributed by atoms with Gasteiger partial charge in [0.05, 0.1) is 10.6 Å². The standard InChI is InChI=1S/C13H16ClNO4S/c14-10-3-5-11(6-4-10)20(17,18)9-7-15-13(16)12-2-1-8-19-12/h3-6,12H,1-2,7-9H2,(H,15,16)/t12-/m1/s1. The number of nitrogens with one attached hydrogen (secondary N) is 1. The summed E-state index contributed by atoms with van der Waals surface area (Å²) in [6, 6.07) is 5.97. The SMILES string of the molecule is O=C(NCCS(=O)(=O)c1ccc(Cl)cc1)[C@H]1CCCO1. The minimum Gasteiger partial charge on any atom is -0.368 e. The number of hydrogen-bond donors (Lipinski definition) is 1. The topological polar surface area (TPSA) is 72.5 Å².